The van der Waals surface area contributed by atoms with Crippen molar-refractivity contribution < 1.29 is 21.4 Å². The Kier molecular flexibility index (Phi) is 7.59. The van der Waals surface area contributed by atoms with Gasteiger partial charge in [-0.25, -0.2) is 8.42 Å². The lowest BCUT2D eigenvalue weighted by Gasteiger charge is -2.13. The van der Waals surface area contributed by atoms with Crippen LogP contribution in [0.2, 0.25) is 0 Å². The van der Waals surface area contributed by atoms with Gasteiger partial charge in [-0.3, -0.25) is 4.55 Å². The van der Waals surface area contributed by atoms with Crippen molar-refractivity contribution in [1.82, 2.24) is 0 Å². The van der Waals surface area contributed by atoms with Gasteiger partial charge in [-0.1, -0.05) is 36.6 Å². The molecule has 0 aromatic heterocycles. The van der Waals surface area contributed by atoms with Gasteiger partial charge in [0.05, 0.1) is 4.90 Å². The van der Waals surface area contributed by atoms with Crippen LogP contribution >= 0.6 is 0 Å². The third kappa shape index (κ3) is 8.05. The molecule has 24 heavy (non-hydrogen) atoms. The van der Waals surface area contributed by atoms with Gasteiger partial charge in [0.2, 0.25) is 0 Å². The summed E-state index contributed by atoms with van der Waals surface area (Å²) < 4.78 is 51.2. The number of sulfone groups is 1. The first-order valence-electron chi connectivity index (χ1n) is 7.67. The molecular weight excluding hydrogens is 350 g/mol. The first kappa shape index (κ1) is 20.8. The van der Waals surface area contributed by atoms with Crippen molar-refractivity contribution in [2.75, 3.05) is 6.26 Å². The topological polar surface area (TPSA) is 115 Å². The van der Waals surface area contributed by atoms with E-state index in [0.29, 0.717) is 5.92 Å². The Balaban J connectivity index is 0.000000243. The van der Waals surface area contributed by atoms with Crippen LogP contribution in [0.3, 0.4) is 0 Å². The van der Waals surface area contributed by atoms with E-state index in [0.717, 1.165) is 18.4 Å². The van der Waals surface area contributed by atoms with Crippen LogP contribution in [0.15, 0.2) is 40.6 Å². The number of aryl methyl sites for hydroxylation is 1. The predicted octanol–water partition coefficient (Wildman–Crippen LogP) is 2.30. The van der Waals surface area contributed by atoms with E-state index in [1.165, 1.54) is 36.6 Å². The predicted molar refractivity (Wildman–Crippen MR) is 94.9 cm³/mol. The number of nitrogens with two attached hydrogens (primary N) is 1. The summed E-state index contributed by atoms with van der Waals surface area (Å²) in [5.74, 6) is 0.484. The average molecular weight is 376 g/mol. The summed E-state index contributed by atoms with van der Waals surface area (Å²) in [6, 6.07) is 5.90. The van der Waals surface area contributed by atoms with E-state index < -0.39 is 20.0 Å². The van der Waals surface area contributed by atoms with Crippen molar-refractivity contribution in [3.05, 3.63) is 41.3 Å². The zero-order valence-electron chi connectivity index (χ0n) is 13.9. The fourth-order valence-electron chi connectivity index (χ4n) is 2.44. The Morgan fingerprint density at radius 2 is 1.62 bits per heavy atom. The first-order chi connectivity index (χ1) is 11.0. The fraction of sp³-hybridized carbons (Fsp3) is 0.500. The molecule has 8 heteroatoms. The second-order valence-corrected chi connectivity index (χ2v) is 9.42. The first-order valence-corrected chi connectivity index (χ1v) is 11.1. The minimum Gasteiger partial charge on any atom is -0.324 e. The molecule has 1 saturated carbocycles. The smallest absolute Gasteiger partial charge is 0.294 e. The third-order valence-corrected chi connectivity index (χ3v) is 5.33. The quantitative estimate of drug-likeness (QED) is 0.780. The Labute approximate surface area is 144 Å². The molecule has 0 heterocycles. The minimum atomic E-state index is -4.02. The van der Waals surface area contributed by atoms with Crippen molar-refractivity contribution in [2.24, 2.45) is 11.7 Å². The second kappa shape index (κ2) is 8.75. The van der Waals surface area contributed by atoms with Crippen molar-refractivity contribution >= 4 is 20.0 Å². The second-order valence-electron chi connectivity index (χ2n) is 6.07. The van der Waals surface area contributed by atoms with Crippen LogP contribution in [0.25, 0.3) is 0 Å². The molecule has 1 aromatic rings. The van der Waals surface area contributed by atoms with Crippen LogP contribution in [0.1, 0.15) is 31.2 Å². The highest BCUT2D eigenvalue weighted by atomic mass is 32.2. The van der Waals surface area contributed by atoms with Crippen molar-refractivity contribution in [2.45, 2.75) is 43.5 Å². The summed E-state index contributed by atoms with van der Waals surface area (Å²) in [5, 5.41) is 1.22. The molecule has 0 amide bonds. The van der Waals surface area contributed by atoms with Crippen LogP contribution < -0.4 is 5.73 Å². The molecule has 0 bridgehead atoms. The normalized spacial score (nSPS) is 17.5. The standard InChI is InChI=1S/C9H17NO2S.C7H8O3S/c1-13(11,12)7-6-9(10)8-4-2-3-5-8;1-6-2-4-7(5-3-6)11(8,9)10/h6-9H,2-5,10H2,1H3;2-5H,1H3,(H,8,9,10)/b7-6+;/t9-;/m0./s1. The van der Waals surface area contributed by atoms with Crippen LogP contribution in [0, 0.1) is 12.8 Å². The van der Waals surface area contributed by atoms with E-state index in [4.69, 9.17) is 10.3 Å². The van der Waals surface area contributed by atoms with Gasteiger partial charge in [0.1, 0.15) is 0 Å². The zero-order valence-corrected chi connectivity index (χ0v) is 15.6. The Morgan fingerprint density at radius 3 is 2.04 bits per heavy atom. The summed E-state index contributed by atoms with van der Waals surface area (Å²) in [5.41, 5.74) is 6.79. The van der Waals surface area contributed by atoms with Crippen molar-refractivity contribution in [3.8, 4) is 0 Å². The van der Waals surface area contributed by atoms with E-state index in [9.17, 15) is 16.8 Å². The Hall–Kier alpha value is -1.22. The van der Waals surface area contributed by atoms with Crippen molar-refractivity contribution in [3.63, 3.8) is 0 Å². The summed E-state index contributed by atoms with van der Waals surface area (Å²) >= 11 is 0. The highest BCUT2D eigenvalue weighted by Crippen LogP contribution is 2.27. The zero-order chi connectivity index (χ0) is 18.4. The Morgan fingerprint density at radius 1 is 1.12 bits per heavy atom. The molecule has 1 aliphatic carbocycles. The van der Waals surface area contributed by atoms with Crippen molar-refractivity contribution in [1.29, 1.82) is 0 Å². The molecule has 0 saturated heterocycles. The van der Waals surface area contributed by atoms with Crippen LogP contribution in [-0.4, -0.2) is 33.7 Å². The van der Waals surface area contributed by atoms with Gasteiger partial charge in [-0.15, -0.1) is 0 Å². The number of hydrogen-bond donors (Lipinski definition) is 2. The molecule has 2 rings (SSSR count). The minimum absolute atomic E-state index is 0.0666. The number of rotatable bonds is 4. The number of hydrogen-bond acceptors (Lipinski definition) is 5. The third-order valence-electron chi connectivity index (χ3n) is 3.81. The van der Waals surface area contributed by atoms with E-state index in [1.54, 1.807) is 18.2 Å². The molecule has 136 valence electrons. The van der Waals surface area contributed by atoms with Gasteiger partial charge < -0.3 is 5.73 Å². The van der Waals surface area contributed by atoms with Gasteiger partial charge in [-0.05, 0) is 37.8 Å². The fourth-order valence-corrected chi connectivity index (χ4v) is 3.39. The lowest BCUT2D eigenvalue weighted by molar-refractivity contribution is 0.483. The Bertz CT molecular complexity index is 746. The average Bonchev–Trinajstić information content (AvgIpc) is 2.98. The summed E-state index contributed by atoms with van der Waals surface area (Å²) in [4.78, 5) is -0.0666. The summed E-state index contributed by atoms with van der Waals surface area (Å²) in [6.07, 6.45) is 7.52. The molecule has 1 atom stereocenters. The van der Waals surface area contributed by atoms with E-state index >= 15 is 0 Å². The van der Waals surface area contributed by atoms with Gasteiger partial charge >= 0.3 is 0 Å². The van der Waals surface area contributed by atoms with Gasteiger partial charge in [-0.2, -0.15) is 8.42 Å². The maximum Gasteiger partial charge on any atom is 0.294 e. The largest absolute Gasteiger partial charge is 0.324 e. The molecule has 0 unspecified atom stereocenters. The molecular formula is C16H25NO5S2. The molecule has 1 aliphatic rings. The molecule has 6 nitrogen and oxygen atoms in total. The monoisotopic (exact) mass is 375 g/mol. The maximum absolute atomic E-state index is 10.8. The van der Waals surface area contributed by atoms with E-state index in [2.05, 4.69) is 0 Å². The van der Waals surface area contributed by atoms with Gasteiger partial charge in [0.25, 0.3) is 10.1 Å². The summed E-state index contributed by atoms with van der Waals surface area (Å²) in [7, 11) is -7.03. The molecule has 0 aliphatic heterocycles. The summed E-state index contributed by atoms with van der Waals surface area (Å²) in [6.45, 7) is 1.84. The van der Waals surface area contributed by atoms with Crippen LogP contribution in [-0.2, 0) is 20.0 Å². The highest BCUT2D eigenvalue weighted by molar-refractivity contribution is 7.93. The van der Waals surface area contributed by atoms with Crippen LogP contribution in [0.5, 0.6) is 0 Å². The van der Waals surface area contributed by atoms with E-state index in [-0.39, 0.29) is 10.9 Å². The van der Waals surface area contributed by atoms with E-state index in [1.807, 2.05) is 6.92 Å². The molecule has 1 aromatic carbocycles. The molecule has 3 N–H and O–H groups in total. The highest BCUT2D eigenvalue weighted by Gasteiger charge is 2.20. The van der Waals surface area contributed by atoms with Gasteiger partial charge in [0, 0.05) is 17.7 Å². The lowest BCUT2D eigenvalue weighted by Crippen LogP contribution is -2.25. The van der Waals surface area contributed by atoms with Crippen LogP contribution in [0.4, 0.5) is 0 Å². The number of benzene rings is 1. The molecule has 0 radical (unpaired) electrons. The molecule has 0 spiro atoms. The van der Waals surface area contributed by atoms with Gasteiger partial charge in [0.15, 0.2) is 9.84 Å². The SMILES string of the molecule is CS(=O)(=O)/C=C/[C@H](N)C1CCCC1.Cc1ccc(S(=O)(=O)O)cc1. The molecule has 1 fully saturated rings. The maximum atomic E-state index is 10.8. The lowest BCUT2D eigenvalue weighted by atomic mass is 9.99.